The number of nitrogens with zero attached hydrogens (tertiary/aromatic N) is 2. The number of nitrogens with two attached hydrogens (primary N) is 1. The van der Waals surface area contributed by atoms with E-state index < -0.39 is 158 Å². The van der Waals surface area contributed by atoms with Crippen LogP contribution in [0.1, 0.15) is 156 Å². The first-order valence-electron chi connectivity index (χ1n) is 46.6. The minimum atomic E-state index is -1.23. The standard InChI is InChI=1S/C76H140N6O33.C11H10N2O6/c1-54-65(91)68(94)58(47-83)113-71(54)107-43-40-101-37-34-98-29-21-78-62(88)16-26-104-50-75(51-105-27-17-63(89)79-22-30-99-35-38-102-41-44-108-72-55(2)66(92)69(95)59(48-84)114-72,52-106-28-18-64(90)80-23-31-100-36-39-103-42-45-109-73-56(3)67(93)70(96)60(49-85)115-73)46-57(86)14-10-8-6-4-5-7-9-11-15-61(87)81-24-32-111-76(19-12-13-20-76)112-33-25-82-74(97)110-53-77;14-7-1-2-8(15)12(7)6-5-11(18)19-13-9(16)3-4-10(13)17/h54-56,58-60,65-73,83-85,91-96H,4-53,77H2,1-3H3,(H,78,88)(H,79,89)(H,80,90)(H,81,87)(H,82,97);1-2H,3-6H2. The van der Waals surface area contributed by atoms with E-state index in [2.05, 4.69) is 36.2 Å². The van der Waals surface area contributed by atoms with Gasteiger partial charge in [0.05, 0.1) is 197 Å². The van der Waals surface area contributed by atoms with Gasteiger partial charge in [0.2, 0.25) is 23.6 Å². The molecule has 1 aliphatic carbocycles. The molecule has 47 heteroatoms. The zero-order valence-corrected chi connectivity index (χ0v) is 77.7. The van der Waals surface area contributed by atoms with Crippen molar-refractivity contribution < 1.29 is 189 Å². The molecule has 0 radical (unpaired) electrons. The van der Waals surface area contributed by atoms with Crippen LogP contribution in [-0.4, -0.2) is 418 Å². The van der Waals surface area contributed by atoms with Crippen LogP contribution in [0.2, 0.25) is 0 Å². The van der Waals surface area contributed by atoms with Crippen molar-refractivity contribution in [2.24, 2.45) is 28.9 Å². The number of hydrogen-bond acceptors (Lipinski definition) is 40. The molecule has 9 amide bonds. The molecule has 5 aliphatic heterocycles. The number of Topliss-reactive ketones (excluding diaryl/α,β-unsaturated/α-hetero) is 1. The number of ketones is 1. The molecular weight excluding hydrogens is 1780 g/mol. The average molecular weight is 1930 g/mol. The Hall–Kier alpha value is -6.77. The van der Waals surface area contributed by atoms with E-state index >= 15 is 0 Å². The second-order valence-electron chi connectivity index (χ2n) is 33.1. The highest BCUT2D eigenvalue weighted by Crippen LogP contribution is 2.35. The molecule has 6 aliphatic rings. The first-order valence-corrected chi connectivity index (χ1v) is 46.6. The number of nitrogens with one attached hydrogen (secondary N) is 5. The summed E-state index contributed by atoms with van der Waals surface area (Å²) >= 11 is 0. The summed E-state index contributed by atoms with van der Waals surface area (Å²) in [7, 11) is 0. The van der Waals surface area contributed by atoms with E-state index in [9.17, 15) is 98.7 Å². The van der Waals surface area contributed by atoms with Crippen LogP contribution in [-0.2, 0) is 138 Å². The fourth-order valence-corrected chi connectivity index (χ4v) is 14.7. The molecule has 0 aromatic carbocycles. The molecule has 0 spiro atoms. The van der Waals surface area contributed by atoms with Crippen molar-refractivity contribution in [3.8, 4) is 0 Å². The Bertz CT molecular complexity index is 3150. The number of unbranched alkanes of at least 4 members (excludes halogenated alkanes) is 7. The molecule has 15 atom stereocenters. The minimum absolute atomic E-state index is 0.0130. The third-order valence-corrected chi connectivity index (χ3v) is 22.5. The van der Waals surface area contributed by atoms with Gasteiger partial charge in [0.25, 0.3) is 23.6 Å². The molecule has 772 valence electrons. The normalized spacial score (nSPS) is 24.4. The van der Waals surface area contributed by atoms with Gasteiger partial charge >= 0.3 is 12.1 Å². The molecule has 0 aromatic heterocycles. The third kappa shape index (κ3) is 46.8. The smallest absolute Gasteiger partial charge is 0.408 e. The summed E-state index contributed by atoms with van der Waals surface area (Å²) in [6, 6.07) is 0. The number of imide groups is 2. The van der Waals surface area contributed by atoms with Crippen molar-refractivity contribution in [3.63, 3.8) is 0 Å². The second-order valence-corrected chi connectivity index (χ2v) is 33.1. The molecule has 134 heavy (non-hydrogen) atoms. The Balaban J connectivity index is 0.00000147. The zero-order valence-electron chi connectivity index (χ0n) is 77.7. The van der Waals surface area contributed by atoms with Crippen molar-refractivity contribution in [1.29, 1.82) is 0 Å². The largest absolute Gasteiger partial charge is 0.434 e. The van der Waals surface area contributed by atoms with Gasteiger partial charge in [-0.2, -0.15) is 0 Å². The minimum Gasteiger partial charge on any atom is -0.434 e. The summed E-state index contributed by atoms with van der Waals surface area (Å²) in [6.07, 6.45) is -0.576. The number of hydrogen-bond donors (Lipinski definition) is 15. The van der Waals surface area contributed by atoms with E-state index in [0.29, 0.717) is 31.1 Å². The van der Waals surface area contributed by atoms with Crippen molar-refractivity contribution in [1.82, 2.24) is 36.5 Å². The molecule has 16 N–H and O–H groups in total. The number of amides is 9. The van der Waals surface area contributed by atoms with Gasteiger partial charge in [-0.15, -0.1) is 5.06 Å². The zero-order chi connectivity index (χ0) is 97.7. The van der Waals surface area contributed by atoms with Crippen molar-refractivity contribution >= 4 is 65.1 Å². The van der Waals surface area contributed by atoms with Gasteiger partial charge in [0.1, 0.15) is 49.1 Å². The Kier molecular flexibility index (Phi) is 60.7. The number of alkyl carbamates (subject to hydrolysis) is 1. The Morgan fingerprint density at radius 3 is 1.13 bits per heavy atom. The lowest BCUT2D eigenvalue weighted by atomic mass is 9.84. The van der Waals surface area contributed by atoms with Gasteiger partial charge in [-0.1, -0.05) is 59.3 Å². The Morgan fingerprint density at radius 1 is 0.418 bits per heavy atom. The monoisotopic (exact) mass is 1930 g/mol. The lowest BCUT2D eigenvalue weighted by Gasteiger charge is -2.40. The highest BCUT2D eigenvalue weighted by Gasteiger charge is 2.46. The second kappa shape index (κ2) is 69.1. The Morgan fingerprint density at radius 2 is 0.754 bits per heavy atom. The summed E-state index contributed by atoms with van der Waals surface area (Å²) < 4.78 is 103. The van der Waals surface area contributed by atoms with Crippen molar-refractivity contribution in [2.75, 3.05) is 218 Å². The number of aliphatic hydroxyl groups excluding tert-OH is 9. The summed E-state index contributed by atoms with van der Waals surface area (Å²) in [5, 5.41) is 104. The van der Waals surface area contributed by atoms with Gasteiger partial charge in [-0.05, 0) is 25.7 Å². The SMILES string of the molecule is CC1C(OCCOCCOCCNC(=O)CCOCC(COCCC(=O)NCCOCCOCCOC2OC(CO)C(O)C(O)C2C)(COCCC(=O)NCCOCCOCCOC2OC(CO)C(O)C(O)C2C)CC(=O)CCCCCCCCCCC(=O)NCCOC2(OCCNC(=O)OCN)CCCC2)OC(CO)C(O)C1O.O=C(CCN1C(=O)C=CC1=O)ON1C(=O)CCC1=O. The van der Waals surface area contributed by atoms with Crippen LogP contribution in [0, 0.1) is 23.2 Å². The van der Waals surface area contributed by atoms with E-state index in [1.54, 1.807) is 20.8 Å². The van der Waals surface area contributed by atoms with Gasteiger partial charge in [0, 0.05) is 139 Å². The van der Waals surface area contributed by atoms with Crippen LogP contribution < -0.4 is 32.3 Å². The van der Waals surface area contributed by atoms with Crippen molar-refractivity contribution in [2.45, 2.75) is 235 Å². The average Bonchev–Trinajstić information content (AvgIpc) is 1.26. The topological polar surface area (TPSA) is 638 Å². The van der Waals surface area contributed by atoms with Gasteiger partial charge in [-0.3, -0.25) is 53.8 Å². The molecule has 1 saturated carbocycles. The van der Waals surface area contributed by atoms with Crippen LogP contribution in [0.3, 0.4) is 0 Å². The summed E-state index contributed by atoms with van der Waals surface area (Å²) in [5.41, 5.74) is 4.11. The highest BCUT2D eigenvalue weighted by molar-refractivity contribution is 6.13. The first kappa shape index (κ1) is 118. The van der Waals surface area contributed by atoms with Gasteiger partial charge < -0.3 is 163 Å². The number of hydroxylamine groups is 2. The highest BCUT2D eigenvalue weighted by atomic mass is 16.7. The molecule has 4 saturated heterocycles. The fourth-order valence-electron chi connectivity index (χ4n) is 14.7. The molecule has 0 aromatic rings. The van der Waals surface area contributed by atoms with E-state index in [4.69, 9.17) is 86.3 Å². The van der Waals surface area contributed by atoms with Crippen LogP contribution >= 0.6 is 0 Å². The summed E-state index contributed by atoms with van der Waals surface area (Å²) in [4.78, 5) is 139. The maximum absolute atomic E-state index is 14.1. The molecule has 15 unspecified atom stereocenters. The Labute approximate surface area is 781 Å². The molecular formula is C87H150N8O39. The van der Waals surface area contributed by atoms with Crippen LogP contribution in [0.15, 0.2) is 12.2 Å². The van der Waals surface area contributed by atoms with Crippen LogP contribution in [0.4, 0.5) is 4.79 Å². The third-order valence-electron chi connectivity index (χ3n) is 22.5. The maximum Gasteiger partial charge on any atom is 0.408 e. The molecule has 5 fully saturated rings. The quantitative estimate of drug-likeness (QED) is 0.0162. The molecule has 0 bridgehead atoms. The van der Waals surface area contributed by atoms with E-state index in [0.717, 1.165) is 87.7 Å². The lowest BCUT2D eigenvalue weighted by Crippen LogP contribution is -2.55. The number of carbonyl (C=O) groups excluding carboxylic acids is 11. The summed E-state index contributed by atoms with van der Waals surface area (Å²) in [5.74, 6) is -6.48. The predicted octanol–water partition coefficient (Wildman–Crippen LogP) is -3.25. The number of rotatable bonds is 74. The maximum atomic E-state index is 14.1. The van der Waals surface area contributed by atoms with Gasteiger partial charge in [0.15, 0.2) is 24.7 Å². The van der Waals surface area contributed by atoms with E-state index in [-0.39, 0.29) is 266 Å². The number of ether oxygens (including phenoxy) is 18. The molecule has 5 heterocycles. The van der Waals surface area contributed by atoms with Gasteiger partial charge in [-0.25, -0.2) is 9.59 Å². The predicted molar refractivity (Wildman–Crippen MR) is 464 cm³/mol. The van der Waals surface area contributed by atoms with Crippen LogP contribution in [0.5, 0.6) is 0 Å². The van der Waals surface area contributed by atoms with E-state index in [1.165, 1.54) is 0 Å². The van der Waals surface area contributed by atoms with Crippen molar-refractivity contribution in [3.05, 3.63) is 12.2 Å². The number of carbonyl (C=O) groups is 11. The molecule has 6 rings (SSSR count). The summed E-state index contributed by atoms with van der Waals surface area (Å²) in [6.45, 7) is 7.26. The fraction of sp³-hybridized carbons (Fsp3) is 0.851. The first-order chi connectivity index (χ1) is 64.6. The lowest BCUT2D eigenvalue weighted by molar-refractivity contribution is -0.284. The number of aliphatic hydroxyl groups is 9. The van der Waals surface area contributed by atoms with E-state index in [1.807, 2.05) is 0 Å². The van der Waals surface area contributed by atoms with Crippen LogP contribution in [0.25, 0.3) is 0 Å². The molecule has 47 nitrogen and oxygen atoms in total.